The van der Waals surface area contributed by atoms with Crippen LogP contribution in [0.25, 0.3) is 11.3 Å². The van der Waals surface area contributed by atoms with Crippen LogP contribution in [0.1, 0.15) is 0 Å². The molecule has 0 saturated heterocycles. The second kappa shape index (κ2) is 4.14. The number of hydrogen-bond acceptors (Lipinski definition) is 2. The van der Waals surface area contributed by atoms with Crippen LogP contribution in [0.5, 0.6) is 0 Å². The van der Waals surface area contributed by atoms with Gasteiger partial charge in [-0.2, -0.15) is 0 Å². The van der Waals surface area contributed by atoms with Crippen molar-refractivity contribution in [1.29, 1.82) is 0 Å². The van der Waals surface area contributed by atoms with Gasteiger partial charge in [-0.1, -0.05) is 28.1 Å². The lowest BCUT2D eigenvalue weighted by Gasteiger charge is -2.08. The van der Waals surface area contributed by atoms with Crippen molar-refractivity contribution in [2.45, 2.75) is 0 Å². The highest BCUT2D eigenvalue weighted by molar-refractivity contribution is 9.10. The van der Waals surface area contributed by atoms with Gasteiger partial charge in [0, 0.05) is 11.5 Å². The summed E-state index contributed by atoms with van der Waals surface area (Å²) in [4.78, 5) is 11.7. The van der Waals surface area contributed by atoms with Crippen molar-refractivity contribution < 1.29 is 0 Å². The number of nitrogens with zero attached hydrogens (tertiary/aromatic N) is 1. The van der Waals surface area contributed by atoms with Crippen molar-refractivity contribution in [2.24, 2.45) is 7.05 Å². The molecule has 2 rings (SSSR count). The van der Waals surface area contributed by atoms with Crippen LogP contribution in [-0.2, 0) is 7.05 Å². The number of anilines is 1. The minimum absolute atomic E-state index is 0.166. The van der Waals surface area contributed by atoms with Gasteiger partial charge in [0.25, 0.3) is 5.56 Å². The number of nitrogen functional groups attached to an aromatic ring is 1. The van der Waals surface area contributed by atoms with E-state index in [0.717, 1.165) is 15.7 Å². The lowest BCUT2D eigenvalue weighted by atomic mass is 10.1. The minimum Gasteiger partial charge on any atom is -0.394 e. The molecule has 0 spiro atoms. The van der Waals surface area contributed by atoms with Crippen LogP contribution >= 0.6 is 15.9 Å². The lowest BCUT2D eigenvalue weighted by molar-refractivity contribution is 0.874. The Kier molecular flexibility index (Phi) is 2.83. The summed E-state index contributed by atoms with van der Waals surface area (Å²) >= 11 is 3.37. The van der Waals surface area contributed by atoms with E-state index in [9.17, 15) is 4.79 Å². The summed E-state index contributed by atoms with van der Waals surface area (Å²) in [5.41, 5.74) is 7.49. The zero-order chi connectivity index (χ0) is 11.7. The van der Waals surface area contributed by atoms with Gasteiger partial charge >= 0.3 is 0 Å². The quantitative estimate of drug-likeness (QED) is 0.871. The zero-order valence-electron chi connectivity index (χ0n) is 8.77. The van der Waals surface area contributed by atoms with Gasteiger partial charge in [0.1, 0.15) is 0 Å². The van der Waals surface area contributed by atoms with Crippen molar-refractivity contribution in [3.63, 3.8) is 0 Å². The topological polar surface area (TPSA) is 48.0 Å². The molecule has 16 heavy (non-hydrogen) atoms. The highest BCUT2D eigenvalue weighted by Gasteiger charge is 2.04. The molecular formula is C12H11BrN2O. The number of benzene rings is 1. The van der Waals surface area contributed by atoms with E-state index in [4.69, 9.17) is 5.73 Å². The van der Waals surface area contributed by atoms with E-state index >= 15 is 0 Å². The molecule has 0 unspecified atom stereocenters. The van der Waals surface area contributed by atoms with Crippen LogP contribution in [0.2, 0.25) is 0 Å². The molecule has 3 nitrogen and oxygen atoms in total. The summed E-state index contributed by atoms with van der Waals surface area (Å²) < 4.78 is 2.56. The van der Waals surface area contributed by atoms with E-state index in [-0.39, 0.29) is 11.2 Å². The molecule has 0 atom stereocenters. The summed E-state index contributed by atoms with van der Waals surface area (Å²) in [7, 11) is 1.72. The van der Waals surface area contributed by atoms with Crippen LogP contribution in [-0.4, -0.2) is 4.57 Å². The van der Waals surface area contributed by atoms with Crippen molar-refractivity contribution in [1.82, 2.24) is 4.57 Å². The molecule has 1 aromatic carbocycles. The molecule has 1 aromatic heterocycles. The molecule has 0 fully saturated rings. The first-order chi connectivity index (χ1) is 7.59. The third-order valence-electron chi connectivity index (χ3n) is 2.47. The number of halogens is 1. The molecule has 0 aliphatic carbocycles. The Labute approximate surface area is 102 Å². The van der Waals surface area contributed by atoms with Crippen LogP contribution < -0.4 is 11.3 Å². The van der Waals surface area contributed by atoms with Crippen LogP contribution in [0, 0.1) is 0 Å². The summed E-state index contributed by atoms with van der Waals surface area (Å²) in [6, 6.07) is 11.3. The van der Waals surface area contributed by atoms with Gasteiger partial charge in [0.05, 0.1) is 11.4 Å². The van der Waals surface area contributed by atoms with Gasteiger partial charge in [-0.25, -0.2) is 0 Å². The Morgan fingerprint density at radius 1 is 1.12 bits per heavy atom. The van der Waals surface area contributed by atoms with Crippen LogP contribution in [0.15, 0.2) is 45.7 Å². The maximum absolute atomic E-state index is 11.7. The largest absolute Gasteiger partial charge is 0.394 e. The molecule has 0 saturated carbocycles. The van der Waals surface area contributed by atoms with E-state index in [1.807, 2.05) is 30.3 Å². The van der Waals surface area contributed by atoms with E-state index in [2.05, 4.69) is 15.9 Å². The second-order valence-corrected chi connectivity index (χ2v) is 4.46. The van der Waals surface area contributed by atoms with Gasteiger partial charge in [-0.05, 0) is 29.8 Å². The van der Waals surface area contributed by atoms with Crippen molar-refractivity contribution >= 4 is 21.6 Å². The smallest absolute Gasteiger partial charge is 0.273 e. The molecule has 0 aliphatic heterocycles. The number of aromatic nitrogens is 1. The standard InChI is InChI=1S/C12H11BrN2O/c1-15-11(7-6-10(14)12(15)16)8-2-4-9(13)5-3-8/h2-7H,14H2,1H3. The second-order valence-electron chi connectivity index (χ2n) is 3.54. The number of nitrogens with two attached hydrogens (primary N) is 1. The molecular weight excluding hydrogens is 268 g/mol. The Morgan fingerprint density at radius 2 is 1.75 bits per heavy atom. The fourth-order valence-electron chi connectivity index (χ4n) is 1.57. The molecule has 0 aliphatic rings. The van der Waals surface area contributed by atoms with Gasteiger partial charge in [-0.15, -0.1) is 0 Å². The van der Waals surface area contributed by atoms with Gasteiger partial charge in [0.15, 0.2) is 0 Å². The third kappa shape index (κ3) is 1.88. The number of hydrogen-bond donors (Lipinski definition) is 1. The predicted molar refractivity (Wildman–Crippen MR) is 69.2 cm³/mol. The Bertz CT molecular complexity index is 573. The first-order valence-electron chi connectivity index (χ1n) is 4.81. The van der Waals surface area contributed by atoms with Gasteiger partial charge in [-0.3, -0.25) is 4.79 Å². The van der Waals surface area contributed by atoms with Gasteiger partial charge in [0.2, 0.25) is 0 Å². The minimum atomic E-state index is -0.166. The molecule has 82 valence electrons. The van der Waals surface area contributed by atoms with Crippen molar-refractivity contribution in [2.75, 3.05) is 5.73 Å². The third-order valence-corrected chi connectivity index (χ3v) is 3.00. The van der Waals surface area contributed by atoms with Crippen molar-refractivity contribution in [3.8, 4) is 11.3 Å². The molecule has 0 amide bonds. The maximum atomic E-state index is 11.7. The molecule has 4 heteroatoms. The Hall–Kier alpha value is -1.55. The molecule has 2 aromatic rings. The van der Waals surface area contributed by atoms with E-state index in [1.54, 1.807) is 17.7 Å². The van der Waals surface area contributed by atoms with Gasteiger partial charge < -0.3 is 10.3 Å². The summed E-state index contributed by atoms with van der Waals surface area (Å²) in [6.07, 6.45) is 0. The lowest BCUT2D eigenvalue weighted by Crippen LogP contribution is -2.21. The fraction of sp³-hybridized carbons (Fsp3) is 0.0833. The number of pyridine rings is 1. The molecule has 0 bridgehead atoms. The fourth-order valence-corrected chi connectivity index (χ4v) is 1.83. The van der Waals surface area contributed by atoms with E-state index in [0.29, 0.717) is 0 Å². The average molecular weight is 279 g/mol. The normalized spacial score (nSPS) is 10.4. The Morgan fingerprint density at radius 3 is 2.38 bits per heavy atom. The summed E-state index contributed by atoms with van der Waals surface area (Å²) in [6.45, 7) is 0. The Balaban J connectivity index is 2.61. The molecule has 0 radical (unpaired) electrons. The summed E-state index contributed by atoms with van der Waals surface area (Å²) in [5.74, 6) is 0. The number of rotatable bonds is 1. The first-order valence-corrected chi connectivity index (χ1v) is 5.60. The molecule has 1 heterocycles. The molecule has 2 N–H and O–H groups in total. The zero-order valence-corrected chi connectivity index (χ0v) is 10.4. The van der Waals surface area contributed by atoms with Crippen molar-refractivity contribution in [3.05, 3.63) is 51.2 Å². The summed E-state index contributed by atoms with van der Waals surface area (Å²) in [5, 5.41) is 0. The highest BCUT2D eigenvalue weighted by Crippen LogP contribution is 2.20. The monoisotopic (exact) mass is 278 g/mol. The average Bonchev–Trinajstić information content (AvgIpc) is 2.28. The first kappa shape index (κ1) is 11.0. The van der Waals surface area contributed by atoms with E-state index < -0.39 is 0 Å². The highest BCUT2D eigenvalue weighted by atomic mass is 79.9. The van der Waals surface area contributed by atoms with E-state index in [1.165, 1.54) is 0 Å². The van der Waals surface area contributed by atoms with Crippen LogP contribution in [0.3, 0.4) is 0 Å². The van der Waals surface area contributed by atoms with Crippen LogP contribution in [0.4, 0.5) is 5.69 Å². The SMILES string of the molecule is Cn1c(-c2ccc(Br)cc2)ccc(N)c1=O. The predicted octanol–water partition coefficient (Wildman–Crippen LogP) is 2.40. The maximum Gasteiger partial charge on any atom is 0.273 e.